The minimum Gasteiger partial charge on any atom is -0.507 e. The van der Waals surface area contributed by atoms with Crippen LogP contribution in [0, 0.1) is 5.92 Å². The van der Waals surface area contributed by atoms with Crippen LogP contribution in [0.4, 0.5) is 0 Å². The highest BCUT2D eigenvalue weighted by Crippen LogP contribution is 2.14. The standard InChI is InChI=1S/C18H30N4O2/c1-13(2)7-6-8-14(3)22-18(19)21-12-11-20-17(24)15-9-4-5-10-16(15)23/h4-5,9-10,13-14,23H,6-8,11-12H2,1-3H3,(H,20,24)(H3,19,21,22). The van der Waals surface area contributed by atoms with E-state index in [2.05, 4.69) is 36.4 Å². The van der Waals surface area contributed by atoms with E-state index in [9.17, 15) is 9.90 Å². The van der Waals surface area contributed by atoms with Crippen LogP contribution >= 0.6 is 0 Å². The van der Waals surface area contributed by atoms with Crippen LogP contribution in [-0.2, 0) is 0 Å². The number of aliphatic imine (C=N–C) groups is 1. The predicted octanol–water partition coefficient (Wildman–Crippen LogP) is 2.24. The molecule has 5 N–H and O–H groups in total. The van der Waals surface area contributed by atoms with E-state index in [0.717, 1.165) is 18.8 Å². The molecule has 0 radical (unpaired) electrons. The fraction of sp³-hybridized carbons (Fsp3) is 0.556. The summed E-state index contributed by atoms with van der Waals surface area (Å²) in [6, 6.07) is 6.71. The van der Waals surface area contributed by atoms with Gasteiger partial charge in [0.25, 0.3) is 5.91 Å². The van der Waals surface area contributed by atoms with E-state index in [4.69, 9.17) is 5.73 Å². The zero-order valence-electron chi connectivity index (χ0n) is 14.9. The van der Waals surface area contributed by atoms with Gasteiger partial charge in [-0.1, -0.05) is 38.8 Å². The van der Waals surface area contributed by atoms with Crippen molar-refractivity contribution in [3.05, 3.63) is 29.8 Å². The summed E-state index contributed by atoms with van der Waals surface area (Å²) in [4.78, 5) is 16.1. The second-order valence-corrected chi connectivity index (χ2v) is 6.41. The number of guanidine groups is 1. The molecule has 0 spiro atoms. The smallest absolute Gasteiger partial charge is 0.255 e. The van der Waals surface area contributed by atoms with Crippen LogP contribution in [-0.4, -0.2) is 36.1 Å². The molecule has 0 aromatic heterocycles. The van der Waals surface area contributed by atoms with Crippen LogP contribution in [0.3, 0.4) is 0 Å². The Morgan fingerprint density at radius 2 is 1.96 bits per heavy atom. The van der Waals surface area contributed by atoms with E-state index in [-0.39, 0.29) is 23.3 Å². The Bertz CT molecular complexity index is 544. The van der Waals surface area contributed by atoms with Crippen molar-refractivity contribution in [3.8, 4) is 5.75 Å². The summed E-state index contributed by atoms with van der Waals surface area (Å²) < 4.78 is 0. The Kier molecular flexibility index (Phi) is 8.68. The van der Waals surface area contributed by atoms with E-state index in [1.165, 1.54) is 12.5 Å². The summed E-state index contributed by atoms with van der Waals surface area (Å²) in [6.45, 7) is 7.27. The average Bonchev–Trinajstić information content (AvgIpc) is 2.51. The van der Waals surface area contributed by atoms with Gasteiger partial charge in [0.2, 0.25) is 0 Å². The van der Waals surface area contributed by atoms with Crippen molar-refractivity contribution in [2.75, 3.05) is 13.1 Å². The van der Waals surface area contributed by atoms with Gasteiger partial charge in [-0.25, -0.2) is 0 Å². The fourth-order valence-corrected chi connectivity index (χ4v) is 2.31. The number of para-hydroxylation sites is 1. The number of amides is 1. The molecule has 1 aromatic carbocycles. The lowest BCUT2D eigenvalue weighted by Crippen LogP contribution is -2.39. The molecule has 1 rings (SSSR count). The predicted molar refractivity (Wildman–Crippen MR) is 98.2 cm³/mol. The van der Waals surface area contributed by atoms with E-state index < -0.39 is 0 Å². The number of benzene rings is 1. The van der Waals surface area contributed by atoms with Gasteiger partial charge in [-0.3, -0.25) is 9.79 Å². The number of rotatable bonds is 9. The summed E-state index contributed by atoms with van der Waals surface area (Å²) in [5, 5.41) is 15.5. The molecular formula is C18H30N4O2. The molecule has 0 fully saturated rings. The van der Waals surface area contributed by atoms with Crippen LogP contribution in [0.2, 0.25) is 0 Å². The molecule has 1 aromatic rings. The fourth-order valence-electron chi connectivity index (χ4n) is 2.31. The van der Waals surface area contributed by atoms with E-state index in [1.54, 1.807) is 18.2 Å². The molecule has 1 unspecified atom stereocenters. The van der Waals surface area contributed by atoms with Gasteiger partial charge in [-0.15, -0.1) is 0 Å². The van der Waals surface area contributed by atoms with E-state index in [0.29, 0.717) is 19.0 Å². The highest BCUT2D eigenvalue weighted by Gasteiger charge is 2.09. The lowest BCUT2D eigenvalue weighted by molar-refractivity contribution is 0.0952. The van der Waals surface area contributed by atoms with Gasteiger partial charge in [0, 0.05) is 12.6 Å². The molecule has 0 heterocycles. The van der Waals surface area contributed by atoms with Crippen LogP contribution in [0.5, 0.6) is 5.75 Å². The van der Waals surface area contributed by atoms with Gasteiger partial charge in [0.05, 0.1) is 12.1 Å². The summed E-state index contributed by atoms with van der Waals surface area (Å²) in [5.74, 6) is 0.756. The van der Waals surface area contributed by atoms with Crippen LogP contribution in [0.25, 0.3) is 0 Å². The van der Waals surface area contributed by atoms with Crippen molar-refractivity contribution in [1.29, 1.82) is 0 Å². The lowest BCUT2D eigenvalue weighted by atomic mass is 10.0. The number of nitrogens with zero attached hydrogens (tertiary/aromatic N) is 1. The molecule has 0 aliphatic rings. The van der Waals surface area contributed by atoms with Crippen LogP contribution in [0.1, 0.15) is 50.4 Å². The number of phenolic OH excluding ortho intramolecular Hbond substituents is 1. The first-order valence-electron chi connectivity index (χ1n) is 8.52. The molecule has 1 atom stereocenters. The summed E-state index contributed by atoms with van der Waals surface area (Å²) in [7, 11) is 0. The lowest BCUT2D eigenvalue weighted by Gasteiger charge is -2.15. The number of phenols is 1. The third-order valence-corrected chi connectivity index (χ3v) is 3.64. The Balaban J connectivity index is 2.26. The third kappa shape index (κ3) is 7.85. The molecule has 24 heavy (non-hydrogen) atoms. The van der Waals surface area contributed by atoms with Gasteiger partial charge in [0.15, 0.2) is 5.96 Å². The van der Waals surface area contributed by atoms with Crippen molar-refractivity contribution in [1.82, 2.24) is 10.6 Å². The maximum absolute atomic E-state index is 11.9. The van der Waals surface area contributed by atoms with Gasteiger partial charge >= 0.3 is 0 Å². The molecule has 0 saturated carbocycles. The van der Waals surface area contributed by atoms with Crippen LogP contribution < -0.4 is 16.4 Å². The number of nitrogens with one attached hydrogen (secondary N) is 2. The Morgan fingerprint density at radius 3 is 2.62 bits per heavy atom. The van der Waals surface area contributed by atoms with Gasteiger partial charge in [-0.2, -0.15) is 0 Å². The van der Waals surface area contributed by atoms with Crippen molar-refractivity contribution in [2.45, 2.75) is 46.1 Å². The zero-order chi connectivity index (χ0) is 17.9. The molecule has 0 aliphatic heterocycles. The SMILES string of the molecule is CC(C)CCCC(C)NC(N)=NCCNC(=O)c1ccccc1O. The maximum atomic E-state index is 11.9. The van der Waals surface area contributed by atoms with E-state index in [1.807, 2.05) is 0 Å². The third-order valence-electron chi connectivity index (χ3n) is 3.64. The second-order valence-electron chi connectivity index (χ2n) is 6.41. The normalized spacial score (nSPS) is 12.9. The Hall–Kier alpha value is -2.24. The van der Waals surface area contributed by atoms with Gasteiger partial charge < -0.3 is 21.5 Å². The largest absolute Gasteiger partial charge is 0.507 e. The molecular weight excluding hydrogens is 304 g/mol. The van der Waals surface area contributed by atoms with Gasteiger partial charge in [0.1, 0.15) is 5.75 Å². The molecule has 0 bridgehead atoms. The van der Waals surface area contributed by atoms with E-state index >= 15 is 0 Å². The number of hydrogen-bond acceptors (Lipinski definition) is 3. The minimum absolute atomic E-state index is 0.0325. The van der Waals surface area contributed by atoms with Crippen molar-refractivity contribution >= 4 is 11.9 Å². The summed E-state index contributed by atoms with van der Waals surface area (Å²) in [5.41, 5.74) is 6.10. The highest BCUT2D eigenvalue weighted by atomic mass is 16.3. The number of carbonyl (C=O) groups is 1. The van der Waals surface area contributed by atoms with Crippen molar-refractivity contribution < 1.29 is 9.90 Å². The van der Waals surface area contributed by atoms with Crippen molar-refractivity contribution in [2.24, 2.45) is 16.6 Å². The summed E-state index contributed by atoms with van der Waals surface area (Å²) in [6.07, 6.45) is 3.43. The quantitative estimate of drug-likeness (QED) is 0.316. The molecule has 6 heteroatoms. The zero-order valence-corrected chi connectivity index (χ0v) is 14.9. The first-order chi connectivity index (χ1) is 11.4. The van der Waals surface area contributed by atoms with Crippen molar-refractivity contribution in [3.63, 3.8) is 0 Å². The number of carbonyl (C=O) groups excluding carboxylic acids is 1. The maximum Gasteiger partial charge on any atom is 0.255 e. The molecule has 0 aliphatic carbocycles. The topological polar surface area (TPSA) is 99.7 Å². The molecule has 134 valence electrons. The molecule has 1 amide bonds. The first-order valence-corrected chi connectivity index (χ1v) is 8.52. The number of hydrogen-bond donors (Lipinski definition) is 4. The minimum atomic E-state index is -0.322. The average molecular weight is 334 g/mol. The molecule has 0 saturated heterocycles. The highest BCUT2D eigenvalue weighted by molar-refractivity contribution is 5.96. The van der Waals surface area contributed by atoms with Gasteiger partial charge in [-0.05, 0) is 31.4 Å². The first kappa shape index (κ1) is 19.8. The number of nitrogens with two attached hydrogens (primary N) is 1. The Morgan fingerprint density at radius 1 is 1.25 bits per heavy atom. The number of aromatic hydroxyl groups is 1. The van der Waals surface area contributed by atoms with Crippen LogP contribution in [0.15, 0.2) is 29.3 Å². The monoisotopic (exact) mass is 334 g/mol. The Labute approximate surface area is 144 Å². The molecule has 6 nitrogen and oxygen atoms in total. The summed E-state index contributed by atoms with van der Waals surface area (Å²) >= 11 is 0. The second kappa shape index (κ2) is 10.5.